The number of hydrogen-bond acceptors (Lipinski definition) is 3. The molecule has 100 valence electrons. The van der Waals surface area contributed by atoms with E-state index in [-0.39, 0.29) is 0 Å². The van der Waals surface area contributed by atoms with Gasteiger partial charge in [-0.2, -0.15) is 0 Å². The van der Waals surface area contributed by atoms with Gasteiger partial charge in [-0.05, 0) is 30.2 Å². The summed E-state index contributed by atoms with van der Waals surface area (Å²) in [4.78, 5) is 6.64. The second kappa shape index (κ2) is 4.96. The molecular formula is C14H22ClN3. The number of piperidine rings is 1. The van der Waals surface area contributed by atoms with E-state index in [0.29, 0.717) is 16.3 Å². The molecule has 0 aromatic carbocycles. The van der Waals surface area contributed by atoms with Gasteiger partial charge in [0, 0.05) is 24.8 Å². The van der Waals surface area contributed by atoms with Gasteiger partial charge in [0.15, 0.2) is 0 Å². The van der Waals surface area contributed by atoms with Gasteiger partial charge in [0.25, 0.3) is 0 Å². The highest BCUT2D eigenvalue weighted by Crippen LogP contribution is 2.35. The fraction of sp³-hybridized carbons (Fsp3) is 0.643. The maximum Gasteiger partial charge on any atom is 0.133 e. The second-order valence-corrected chi connectivity index (χ2v) is 6.60. The molecule has 0 amide bonds. The van der Waals surface area contributed by atoms with E-state index in [0.717, 1.165) is 24.8 Å². The number of aromatic nitrogens is 1. The van der Waals surface area contributed by atoms with E-state index in [4.69, 9.17) is 17.3 Å². The summed E-state index contributed by atoms with van der Waals surface area (Å²) >= 11 is 5.95. The van der Waals surface area contributed by atoms with Crippen LogP contribution in [0.25, 0.3) is 0 Å². The largest absolute Gasteiger partial charge is 0.399 e. The predicted octanol–water partition coefficient (Wildman–Crippen LogP) is 3.58. The minimum absolute atomic E-state index is 0.396. The zero-order valence-corrected chi connectivity index (χ0v) is 12.2. The minimum atomic E-state index is 0.396. The number of nitrogens with two attached hydrogens (primary N) is 1. The Kier molecular flexibility index (Phi) is 3.71. The highest BCUT2D eigenvalue weighted by atomic mass is 35.5. The SMILES string of the molecule is CC(C)(C)C1CCN(c2cc(N)cc(Cl)n2)CC1. The van der Waals surface area contributed by atoms with E-state index in [2.05, 4.69) is 30.7 Å². The van der Waals surface area contributed by atoms with Crippen molar-refractivity contribution in [2.75, 3.05) is 23.7 Å². The summed E-state index contributed by atoms with van der Waals surface area (Å²) in [6.07, 6.45) is 2.41. The van der Waals surface area contributed by atoms with Gasteiger partial charge in [-0.25, -0.2) is 4.98 Å². The average Bonchev–Trinajstić information content (AvgIpc) is 2.27. The molecule has 2 rings (SSSR count). The molecule has 3 nitrogen and oxygen atoms in total. The lowest BCUT2D eigenvalue weighted by molar-refractivity contribution is 0.198. The van der Waals surface area contributed by atoms with Crippen LogP contribution in [0, 0.1) is 11.3 Å². The summed E-state index contributed by atoms with van der Waals surface area (Å²) in [6, 6.07) is 3.59. The van der Waals surface area contributed by atoms with Crippen LogP contribution in [-0.4, -0.2) is 18.1 Å². The molecule has 0 saturated carbocycles. The van der Waals surface area contributed by atoms with E-state index in [1.165, 1.54) is 12.8 Å². The lowest BCUT2D eigenvalue weighted by atomic mass is 9.75. The number of pyridine rings is 1. The van der Waals surface area contributed by atoms with Gasteiger partial charge in [0.1, 0.15) is 11.0 Å². The van der Waals surface area contributed by atoms with Gasteiger partial charge in [0.05, 0.1) is 0 Å². The molecule has 1 fully saturated rings. The molecule has 0 atom stereocenters. The van der Waals surface area contributed by atoms with Crippen molar-refractivity contribution in [1.29, 1.82) is 0 Å². The van der Waals surface area contributed by atoms with E-state index in [9.17, 15) is 0 Å². The van der Waals surface area contributed by atoms with Gasteiger partial charge in [0.2, 0.25) is 0 Å². The van der Waals surface area contributed by atoms with Crippen molar-refractivity contribution in [2.24, 2.45) is 11.3 Å². The molecule has 18 heavy (non-hydrogen) atoms. The fourth-order valence-corrected chi connectivity index (χ4v) is 2.85. The first-order valence-electron chi connectivity index (χ1n) is 6.54. The zero-order chi connectivity index (χ0) is 13.3. The van der Waals surface area contributed by atoms with Gasteiger partial charge < -0.3 is 10.6 Å². The summed E-state index contributed by atoms with van der Waals surface area (Å²) in [5.74, 6) is 1.69. The van der Waals surface area contributed by atoms with Crippen LogP contribution in [0.5, 0.6) is 0 Å². The van der Waals surface area contributed by atoms with Crippen molar-refractivity contribution in [2.45, 2.75) is 33.6 Å². The summed E-state index contributed by atoms with van der Waals surface area (Å²) in [6.45, 7) is 9.04. The van der Waals surface area contributed by atoms with Gasteiger partial charge in [-0.3, -0.25) is 0 Å². The first kappa shape index (κ1) is 13.5. The van der Waals surface area contributed by atoms with Crippen molar-refractivity contribution in [1.82, 2.24) is 4.98 Å². The smallest absolute Gasteiger partial charge is 0.133 e. The molecular weight excluding hydrogens is 246 g/mol. The minimum Gasteiger partial charge on any atom is -0.399 e. The molecule has 1 saturated heterocycles. The van der Waals surface area contributed by atoms with Gasteiger partial charge in [-0.1, -0.05) is 32.4 Å². The molecule has 2 N–H and O–H groups in total. The number of halogens is 1. The maximum atomic E-state index is 5.95. The van der Waals surface area contributed by atoms with Crippen LogP contribution in [0.15, 0.2) is 12.1 Å². The fourth-order valence-electron chi connectivity index (χ4n) is 2.64. The maximum absolute atomic E-state index is 5.95. The molecule has 0 aliphatic carbocycles. The molecule has 1 aromatic heterocycles. The van der Waals surface area contributed by atoms with Crippen molar-refractivity contribution in [3.8, 4) is 0 Å². The number of nitrogens with zero attached hydrogens (tertiary/aromatic N) is 2. The first-order valence-corrected chi connectivity index (χ1v) is 6.92. The molecule has 1 aromatic rings. The number of rotatable bonds is 1. The molecule has 0 bridgehead atoms. The quantitative estimate of drug-likeness (QED) is 0.791. The van der Waals surface area contributed by atoms with Gasteiger partial charge in [-0.15, -0.1) is 0 Å². The van der Waals surface area contributed by atoms with E-state index < -0.39 is 0 Å². The highest BCUT2D eigenvalue weighted by Gasteiger charge is 2.29. The Morgan fingerprint density at radius 3 is 2.39 bits per heavy atom. The number of anilines is 2. The predicted molar refractivity (Wildman–Crippen MR) is 78.1 cm³/mol. The summed E-state index contributed by atoms with van der Waals surface area (Å²) < 4.78 is 0. The van der Waals surface area contributed by atoms with Crippen molar-refractivity contribution >= 4 is 23.1 Å². The topological polar surface area (TPSA) is 42.1 Å². The van der Waals surface area contributed by atoms with Crippen LogP contribution in [0.3, 0.4) is 0 Å². The van der Waals surface area contributed by atoms with Crippen molar-refractivity contribution in [3.63, 3.8) is 0 Å². The molecule has 0 spiro atoms. The third kappa shape index (κ3) is 3.08. The molecule has 2 heterocycles. The second-order valence-electron chi connectivity index (χ2n) is 6.21. The van der Waals surface area contributed by atoms with Crippen LogP contribution in [0.2, 0.25) is 5.15 Å². The summed E-state index contributed by atoms with van der Waals surface area (Å²) in [7, 11) is 0. The van der Waals surface area contributed by atoms with Crippen molar-refractivity contribution in [3.05, 3.63) is 17.3 Å². The lowest BCUT2D eigenvalue weighted by Gasteiger charge is -2.39. The van der Waals surface area contributed by atoms with E-state index in [1.807, 2.05) is 6.07 Å². The standard InChI is InChI=1S/C14H22ClN3/c1-14(2,3)10-4-6-18(7-5-10)13-9-11(16)8-12(15)17-13/h8-10H,4-7H2,1-3H3,(H2,16,17). The average molecular weight is 268 g/mol. The third-order valence-electron chi connectivity index (χ3n) is 3.85. The Morgan fingerprint density at radius 2 is 1.89 bits per heavy atom. The Balaban J connectivity index is 2.05. The summed E-state index contributed by atoms with van der Waals surface area (Å²) in [5, 5.41) is 0.475. The Bertz CT molecular complexity index is 397. The van der Waals surface area contributed by atoms with Crippen LogP contribution >= 0.6 is 11.6 Å². The van der Waals surface area contributed by atoms with E-state index >= 15 is 0 Å². The Labute approximate surface area is 114 Å². The first-order chi connectivity index (χ1) is 8.36. The molecule has 0 unspecified atom stereocenters. The normalized spacial score (nSPS) is 18.1. The van der Waals surface area contributed by atoms with Crippen LogP contribution < -0.4 is 10.6 Å². The monoisotopic (exact) mass is 267 g/mol. The number of hydrogen-bond donors (Lipinski definition) is 1. The molecule has 0 radical (unpaired) electrons. The highest BCUT2D eigenvalue weighted by molar-refractivity contribution is 6.29. The lowest BCUT2D eigenvalue weighted by Crippen LogP contribution is -2.38. The third-order valence-corrected chi connectivity index (χ3v) is 4.04. The zero-order valence-electron chi connectivity index (χ0n) is 11.4. The molecule has 4 heteroatoms. The Morgan fingerprint density at radius 1 is 1.28 bits per heavy atom. The van der Waals surface area contributed by atoms with Crippen LogP contribution in [-0.2, 0) is 0 Å². The molecule has 1 aliphatic rings. The Hall–Kier alpha value is -0.960. The van der Waals surface area contributed by atoms with Gasteiger partial charge >= 0.3 is 0 Å². The number of nitrogen functional groups attached to an aromatic ring is 1. The van der Waals surface area contributed by atoms with Crippen LogP contribution in [0.4, 0.5) is 11.5 Å². The van der Waals surface area contributed by atoms with E-state index in [1.54, 1.807) is 6.07 Å². The summed E-state index contributed by atoms with van der Waals surface area (Å²) in [5.41, 5.74) is 6.89. The van der Waals surface area contributed by atoms with Crippen molar-refractivity contribution < 1.29 is 0 Å². The van der Waals surface area contributed by atoms with Crippen LogP contribution in [0.1, 0.15) is 33.6 Å². The molecule has 1 aliphatic heterocycles.